The summed E-state index contributed by atoms with van der Waals surface area (Å²) < 4.78 is 0. The van der Waals surface area contributed by atoms with Crippen LogP contribution in [0, 0.1) is 11.8 Å². The molecular formula is C16H24N4O2S. The van der Waals surface area contributed by atoms with E-state index >= 15 is 0 Å². The zero-order valence-electron chi connectivity index (χ0n) is 13.5. The number of nitrogens with zero attached hydrogens (tertiary/aromatic N) is 2. The molecule has 1 saturated heterocycles. The van der Waals surface area contributed by atoms with Crippen LogP contribution in [0.25, 0.3) is 0 Å². The van der Waals surface area contributed by atoms with Gasteiger partial charge in [0.15, 0.2) is 5.13 Å². The molecule has 1 aliphatic heterocycles. The lowest BCUT2D eigenvalue weighted by molar-refractivity contribution is -0.129. The number of hydrogen-bond acceptors (Lipinski definition) is 5. The Hall–Kier alpha value is -1.47. The molecular weight excluding hydrogens is 312 g/mol. The molecule has 2 N–H and O–H groups in total. The molecule has 3 rings (SSSR count). The third-order valence-electron chi connectivity index (χ3n) is 4.68. The monoisotopic (exact) mass is 336 g/mol. The summed E-state index contributed by atoms with van der Waals surface area (Å²) in [6.45, 7) is 4.23. The Morgan fingerprint density at radius 1 is 1.43 bits per heavy atom. The van der Waals surface area contributed by atoms with Crippen molar-refractivity contribution in [2.45, 2.75) is 38.6 Å². The zero-order valence-corrected chi connectivity index (χ0v) is 14.3. The molecule has 2 fully saturated rings. The van der Waals surface area contributed by atoms with E-state index < -0.39 is 0 Å². The summed E-state index contributed by atoms with van der Waals surface area (Å²) in [6, 6.07) is -0.252. The van der Waals surface area contributed by atoms with Crippen LogP contribution in [0.4, 0.5) is 5.13 Å². The lowest BCUT2D eigenvalue weighted by atomic mass is 9.96. The fourth-order valence-electron chi connectivity index (χ4n) is 2.94. The Labute approximate surface area is 140 Å². The molecule has 7 heteroatoms. The van der Waals surface area contributed by atoms with Gasteiger partial charge in [-0.3, -0.25) is 14.5 Å². The molecule has 2 aliphatic rings. The molecule has 0 aromatic carbocycles. The number of anilines is 1. The maximum atomic E-state index is 12.3. The highest BCUT2D eigenvalue weighted by Crippen LogP contribution is 2.28. The van der Waals surface area contributed by atoms with Crippen LogP contribution in [0.2, 0.25) is 0 Å². The Kier molecular flexibility index (Phi) is 5.27. The van der Waals surface area contributed by atoms with Crippen molar-refractivity contribution in [1.29, 1.82) is 0 Å². The fourth-order valence-corrected chi connectivity index (χ4v) is 3.48. The second-order valence-electron chi connectivity index (χ2n) is 6.53. The van der Waals surface area contributed by atoms with Crippen molar-refractivity contribution in [3.05, 3.63) is 11.6 Å². The average Bonchev–Trinajstić information content (AvgIpc) is 3.27. The Balaban J connectivity index is 1.50. The Morgan fingerprint density at radius 3 is 2.96 bits per heavy atom. The third-order valence-corrected chi connectivity index (χ3v) is 5.36. The predicted molar refractivity (Wildman–Crippen MR) is 90.2 cm³/mol. The zero-order chi connectivity index (χ0) is 16.2. The third kappa shape index (κ3) is 4.51. The summed E-state index contributed by atoms with van der Waals surface area (Å²) in [7, 11) is 0. The van der Waals surface area contributed by atoms with E-state index in [1.165, 1.54) is 24.2 Å². The summed E-state index contributed by atoms with van der Waals surface area (Å²) in [5.74, 6) is 0.785. The lowest BCUT2D eigenvalue weighted by Crippen LogP contribution is -2.50. The first-order valence-electron chi connectivity index (χ1n) is 8.35. The summed E-state index contributed by atoms with van der Waals surface area (Å²) in [5.41, 5.74) is 0. The van der Waals surface area contributed by atoms with E-state index in [2.05, 4.69) is 20.5 Å². The average molecular weight is 336 g/mol. The van der Waals surface area contributed by atoms with Crippen LogP contribution in [0.5, 0.6) is 0 Å². The highest BCUT2D eigenvalue weighted by molar-refractivity contribution is 7.13. The number of amides is 2. The van der Waals surface area contributed by atoms with E-state index in [4.69, 9.17) is 0 Å². The van der Waals surface area contributed by atoms with Gasteiger partial charge in [0.1, 0.15) is 0 Å². The molecule has 6 nitrogen and oxygen atoms in total. The molecule has 1 saturated carbocycles. The van der Waals surface area contributed by atoms with E-state index in [9.17, 15) is 9.59 Å². The highest BCUT2D eigenvalue weighted by atomic mass is 32.1. The number of piperidine rings is 1. The minimum absolute atomic E-state index is 0.00221. The van der Waals surface area contributed by atoms with E-state index in [1.54, 1.807) is 6.20 Å². The molecule has 2 heterocycles. The number of thiazole rings is 1. The van der Waals surface area contributed by atoms with Crippen molar-refractivity contribution in [2.24, 2.45) is 11.8 Å². The van der Waals surface area contributed by atoms with Crippen molar-refractivity contribution < 1.29 is 9.59 Å². The molecule has 1 aromatic heterocycles. The topological polar surface area (TPSA) is 74.3 Å². The molecule has 1 aromatic rings. The largest absolute Gasteiger partial charge is 0.356 e. The van der Waals surface area contributed by atoms with Crippen molar-refractivity contribution >= 4 is 28.3 Å². The van der Waals surface area contributed by atoms with Gasteiger partial charge in [-0.15, -0.1) is 11.3 Å². The number of rotatable bonds is 6. The molecule has 2 amide bonds. The van der Waals surface area contributed by atoms with E-state index in [0.29, 0.717) is 17.6 Å². The molecule has 126 valence electrons. The van der Waals surface area contributed by atoms with Crippen LogP contribution in [-0.4, -0.2) is 47.4 Å². The maximum Gasteiger partial charge on any atom is 0.243 e. The van der Waals surface area contributed by atoms with Crippen molar-refractivity contribution in [3.8, 4) is 0 Å². The number of nitrogens with one attached hydrogen (secondary N) is 2. The van der Waals surface area contributed by atoms with Gasteiger partial charge in [-0.2, -0.15) is 0 Å². The van der Waals surface area contributed by atoms with Crippen molar-refractivity contribution in [2.75, 3.05) is 25.0 Å². The molecule has 0 radical (unpaired) electrons. The second-order valence-corrected chi connectivity index (χ2v) is 7.42. The van der Waals surface area contributed by atoms with Crippen LogP contribution in [0.1, 0.15) is 32.6 Å². The first-order chi connectivity index (χ1) is 11.1. The molecule has 0 bridgehead atoms. The second kappa shape index (κ2) is 7.40. The van der Waals surface area contributed by atoms with Gasteiger partial charge in [0.2, 0.25) is 11.8 Å². The van der Waals surface area contributed by atoms with Gasteiger partial charge in [-0.05, 0) is 45.1 Å². The molecule has 2 atom stereocenters. The molecule has 1 aliphatic carbocycles. The van der Waals surface area contributed by atoms with Crippen molar-refractivity contribution in [1.82, 2.24) is 15.2 Å². The summed E-state index contributed by atoms with van der Waals surface area (Å²) in [6.07, 6.45) is 6.02. The number of hydrogen-bond donors (Lipinski definition) is 2. The number of aromatic nitrogens is 1. The minimum Gasteiger partial charge on any atom is -0.356 e. The quantitative estimate of drug-likeness (QED) is 0.829. The van der Waals surface area contributed by atoms with Crippen LogP contribution in [-0.2, 0) is 9.59 Å². The van der Waals surface area contributed by atoms with Gasteiger partial charge in [-0.1, -0.05) is 0 Å². The van der Waals surface area contributed by atoms with E-state index in [-0.39, 0.29) is 23.8 Å². The van der Waals surface area contributed by atoms with Gasteiger partial charge in [0, 0.05) is 24.7 Å². The molecule has 0 unspecified atom stereocenters. The SMILES string of the molecule is C[C@@H](C(=O)Nc1nccs1)N1CCC[C@H](C(=O)NCC2CC2)C1. The smallest absolute Gasteiger partial charge is 0.243 e. The molecule has 0 spiro atoms. The first-order valence-corrected chi connectivity index (χ1v) is 9.23. The number of likely N-dealkylation sites (tertiary alicyclic amines) is 1. The van der Waals surface area contributed by atoms with Crippen LogP contribution < -0.4 is 10.6 Å². The molecule has 23 heavy (non-hydrogen) atoms. The predicted octanol–water partition coefficient (Wildman–Crippen LogP) is 1.71. The number of carbonyl (C=O) groups excluding carboxylic acids is 2. The highest BCUT2D eigenvalue weighted by Gasteiger charge is 2.31. The lowest BCUT2D eigenvalue weighted by Gasteiger charge is -2.35. The summed E-state index contributed by atoms with van der Waals surface area (Å²) in [4.78, 5) is 30.8. The van der Waals surface area contributed by atoms with E-state index in [1.807, 2.05) is 12.3 Å². The van der Waals surface area contributed by atoms with Crippen LogP contribution >= 0.6 is 11.3 Å². The first kappa shape index (κ1) is 16.4. The van der Waals surface area contributed by atoms with Gasteiger partial charge in [-0.25, -0.2) is 4.98 Å². The van der Waals surface area contributed by atoms with Gasteiger partial charge in [0.25, 0.3) is 0 Å². The normalized spacial score (nSPS) is 23.3. The Bertz CT molecular complexity index is 544. The van der Waals surface area contributed by atoms with Crippen LogP contribution in [0.15, 0.2) is 11.6 Å². The minimum atomic E-state index is -0.252. The van der Waals surface area contributed by atoms with Gasteiger partial charge < -0.3 is 10.6 Å². The fraction of sp³-hybridized carbons (Fsp3) is 0.688. The standard InChI is InChI=1S/C16H24N4O2S/c1-11(14(21)19-16-17-6-8-23-16)20-7-2-3-13(10-20)15(22)18-9-12-4-5-12/h6,8,11-13H,2-5,7,9-10H2,1H3,(H,18,22)(H,17,19,21)/t11-,13-/m0/s1. The van der Waals surface area contributed by atoms with E-state index in [0.717, 1.165) is 25.9 Å². The number of carbonyl (C=O) groups is 2. The van der Waals surface area contributed by atoms with Gasteiger partial charge in [0.05, 0.1) is 12.0 Å². The van der Waals surface area contributed by atoms with Crippen molar-refractivity contribution in [3.63, 3.8) is 0 Å². The Morgan fingerprint density at radius 2 is 2.26 bits per heavy atom. The summed E-state index contributed by atoms with van der Waals surface area (Å²) >= 11 is 1.41. The van der Waals surface area contributed by atoms with Gasteiger partial charge >= 0.3 is 0 Å². The van der Waals surface area contributed by atoms with Crippen LogP contribution in [0.3, 0.4) is 0 Å². The summed E-state index contributed by atoms with van der Waals surface area (Å²) in [5, 5.41) is 8.36. The maximum absolute atomic E-state index is 12.3.